The van der Waals surface area contributed by atoms with Crippen LogP contribution in [-0.2, 0) is 6.54 Å². The lowest BCUT2D eigenvalue weighted by atomic mass is 9.95. The van der Waals surface area contributed by atoms with Gasteiger partial charge >= 0.3 is 0 Å². The van der Waals surface area contributed by atoms with Crippen LogP contribution in [0.25, 0.3) is 17.0 Å². The second-order valence-corrected chi connectivity index (χ2v) is 9.38. The molecule has 8 heteroatoms. The molecule has 0 fully saturated rings. The van der Waals surface area contributed by atoms with Gasteiger partial charge in [-0.3, -0.25) is 0 Å². The van der Waals surface area contributed by atoms with Crippen LogP contribution >= 0.6 is 24.0 Å². The van der Waals surface area contributed by atoms with Crippen LogP contribution < -0.4 is 5.32 Å². The second kappa shape index (κ2) is 9.48. The summed E-state index contributed by atoms with van der Waals surface area (Å²) in [5.74, 6) is 1.83. The van der Waals surface area contributed by atoms with Gasteiger partial charge < -0.3 is 19.2 Å². The zero-order chi connectivity index (χ0) is 23.7. The topological polar surface area (TPSA) is 67.3 Å². The van der Waals surface area contributed by atoms with Gasteiger partial charge in [-0.05, 0) is 62.2 Å². The molecule has 0 spiro atoms. The summed E-state index contributed by atoms with van der Waals surface area (Å²) < 4.78 is 11.4. The first-order valence-corrected chi connectivity index (χ1v) is 12.5. The highest BCUT2D eigenvalue weighted by Crippen LogP contribution is 2.38. The number of aryl methyl sites for hydroxylation is 1. The molecule has 0 radical (unpaired) electrons. The molecular formula is C26H24N4O2S2. The lowest BCUT2D eigenvalue weighted by Crippen LogP contribution is -2.45. The molecule has 34 heavy (non-hydrogen) atoms. The first-order chi connectivity index (χ1) is 16.5. The van der Waals surface area contributed by atoms with Gasteiger partial charge in [0.1, 0.15) is 5.76 Å². The van der Waals surface area contributed by atoms with E-state index in [1.807, 2.05) is 48.2 Å². The van der Waals surface area contributed by atoms with Gasteiger partial charge in [0.05, 0.1) is 24.4 Å². The number of allylic oxidation sites excluding steroid dienone is 1. The third kappa shape index (κ3) is 4.38. The molecular weight excluding hydrogens is 464 g/mol. The third-order valence-electron chi connectivity index (χ3n) is 5.91. The minimum absolute atomic E-state index is 0.220. The minimum Gasteiger partial charge on any atom is -0.467 e. The molecule has 5 rings (SSSR count). The molecule has 1 atom stereocenters. The predicted octanol–water partition coefficient (Wildman–Crippen LogP) is 6.22. The molecule has 1 N–H and O–H groups in total. The standard InChI is InChI=1S/C26H24N4O2S2/c1-16-6-8-19(9-7-16)24-28-25(32-29-24)22-17(2)30(15-20-5-4-14-31-20)26(33)27-23(22)18-10-12-21(34-3)13-11-18/h4-14,23H,15H2,1-3H3,(H,27,33). The Hall–Kier alpha value is -3.36. The molecule has 172 valence electrons. The number of thioether (sulfide) groups is 1. The maximum atomic E-state index is 5.82. The number of rotatable bonds is 6. The van der Waals surface area contributed by atoms with Crippen LogP contribution in [-0.4, -0.2) is 26.4 Å². The molecule has 0 aliphatic carbocycles. The first kappa shape index (κ1) is 22.4. The van der Waals surface area contributed by atoms with Crippen molar-refractivity contribution in [2.24, 2.45) is 0 Å². The molecule has 0 saturated carbocycles. The summed E-state index contributed by atoms with van der Waals surface area (Å²) in [5, 5.41) is 8.39. The Morgan fingerprint density at radius 3 is 2.50 bits per heavy atom. The first-order valence-electron chi connectivity index (χ1n) is 10.9. The van der Waals surface area contributed by atoms with E-state index in [4.69, 9.17) is 26.1 Å². The lowest BCUT2D eigenvalue weighted by Gasteiger charge is -2.37. The molecule has 3 heterocycles. The Kier molecular flexibility index (Phi) is 6.26. The van der Waals surface area contributed by atoms with E-state index in [0.717, 1.165) is 28.2 Å². The van der Waals surface area contributed by atoms with Gasteiger partial charge in [0.15, 0.2) is 5.11 Å². The molecule has 0 amide bonds. The quantitative estimate of drug-likeness (QED) is 0.253. The highest BCUT2D eigenvalue weighted by molar-refractivity contribution is 7.98. The fraction of sp³-hybridized carbons (Fsp3) is 0.192. The predicted molar refractivity (Wildman–Crippen MR) is 138 cm³/mol. The monoisotopic (exact) mass is 488 g/mol. The van der Waals surface area contributed by atoms with Gasteiger partial charge in [0, 0.05) is 16.2 Å². The molecule has 0 saturated heterocycles. The average molecular weight is 489 g/mol. The van der Waals surface area contributed by atoms with Crippen molar-refractivity contribution in [2.45, 2.75) is 31.3 Å². The summed E-state index contributed by atoms with van der Waals surface area (Å²) in [6.45, 7) is 4.59. The number of nitrogens with one attached hydrogen (secondary N) is 1. The van der Waals surface area contributed by atoms with Gasteiger partial charge in [0.2, 0.25) is 5.82 Å². The molecule has 0 bridgehead atoms. The number of benzene rings is 2. The van der Waals surface area contributed by atoms with Crippen molar-refractivity contribution in [3.63, 3.8) is 0 Å². The van der Waals surface area contributed by atoms with Crippen molar-refractivity contribution in [3.8, 4) is 11.4 Å². The highest BCUT2D eigenvalue weighted by atomic mass is 32.2. The largest absolute Gasteiger partial charge is 0.467 e. The summed E-state index contributed by atoms with van der Waals surface area (Å²) in [5.41, 5.74) is 4.99. The molecule has 2 aromatic heterocycles. The third-order valence-corrected chi connectivity index (χ3v) is 6.99. The van der Waals surface area contributed by atoms with Crippen LogP contribution in [0.4, 0.5) is 0 Å². The number of hydrogen-bond acceptors (Lipinski definition) is 6. The Morgan fingerprint density at radius 1 is 1.06 bits per heavy atom. The molecule has 6 nitrogen and oxygen atoms in total. The van der Waals surface area contributed by atoms with Crippen LogP contribution in [0.5, 0.6) is 0 Å². The van der Waals surface area contributed by atoms with Crippen LogP contribution in [0, 0.1) is 6.92 Å². The van der Waals surface area contributed by atoms with Crippen molar-refractivity contribution in [1.29, 1.82) is 0 Å². The molecule has 1 aliphatic rings. The van der Waals surface area contributed by atoms with E-state index in [9.17, 15) is 0 Å². The van der Waals surface area contributed by atoms with E-state index in [-0.39, 0.29) is 6.04 Å². The van der Waals surface area contributed by atoms with Crippen LogP contribution in [0.15, 0.2) is 86.5 Å². The SMILES string of the molecule is CSc1ccc(C2NC(=S)N(Cc3ccco3)C(C)=C2c2nc(-c3ccc(C)cc3)no2)cc1. The minimum atomic E-state index is -0.220. The van der Waals surface area contributed by atoms with Gasteiger partial charge in [0.25, 0.3) is 5.89 Å². The van der Waals surface area contributed by atoms with Crippen molar-refractivity contribution in [1.82, 2.24) is 20.4 Å². The summed E-state index contributed by atoms with van der Waals surface area (Å²) in [6, 6.07) is 20.1. The van der Waals surface area contributed by atoms with Gasteiger partial charge in [-0.25, -0.2) is 0 Å². The summed E-state index contributed by atoms with van der Waals surface area (Å²) >= 11 is 7.48. The summed E-state index contributed by atoms with van der Waals surface area (Å²) in [4.78, 5) is 7.98. The number of furan rings is 1. The van der Waals surface area contributed by atoms with E-state index >= 15 is 0 Å². The summed E-state index contributed by atoms with van der Waals surface area (Å²) in [6.07, 6.45) is 3.73. The van der Waals surface area contributed by atoms with E-state index in [1.54, 1.807) is 18.0 Å². The molecule has 4 aromatic rings. The Balaban J connectivity index is 1.58. The Morgan fingerprint density at radius 2 is 1.82 bits per heavy atom. The second-order valence-electron chi connectivity index (χ2n) is 8.11. The van der Waals surface area contributed by atoms with Crippen molar-refractivity contribution in [2.75, 3.05) is 6.26 Å². The zero-order valence-corrected chi connectivity index (χ0v) is 20.7. The Bertz CT molecular complexity index is 1330. The summed E-state index contributed by atoms with van der Waals surface area (Å²) in [7, 11) is 0. The van der Waals surface area contributed by atoms with Crippen molar-refractivity contribution >= 4 is 34.7 Å². The van der Waals surface area contributed by atoms with Crippen molar-refractivity contribution < 1.29 is 8.94 Å². The number of hydrogen-bond donors (Lipinski definition) is 1. The van der Waals surface area contributed by atoms with E-state index in [2.05, 4.69) is 47.9 Å². The Labute approximate surface area is 208 Å². The average Bonchev–Trinajstić information content (AvgIpc) is 3.54. The van der Waals surface area contributed by atoms with Crippen LogP contribution in [0.2, 0.25) is 0 Å². The fourth-order valence-electron chi connectivity index (χ4n) is 4.01. The number of aromatic nitrogens is 2. The van der Waals surface area contributed by atoms with E-state index < -0.39 is 0 Å². The van der Waals surface area contributed by atoms with E-state index in [1.165, 1.54) is 10.5 Å². The number of thiocarbonyl (C=S) groups is 1. The van der Waals surface area contributed by atoms with E-state index in [0.29, 0.717) is 23.4 Å². The normalized spacial score (nSPS) is 16.1. The maximum absolute atomic E-state index is 5.82. The van der Waals surface area contributed by atoms with Gasteiger partial charge in [-0.15, -0.1) is 11.8 Å². The smallest absolute Gasteiger partial charge is 0.258 e. The highest BCUT2D eigenvalue weighted by Gasteiger charge is 2.34. The fourth-order valence-corrected chi connectivity index (χ4v) is 4.73. The zero-order valence-electron chi connectivity index (χ0n) is 19.1. The van der Waals surface area contributed by atoms with Crippen molar-refractivity contribution in [3.05, 3.63) is 95.4 Å². The maximum Gasteiger partial charge on any atom is 0.258 e. The molecule has 1 aliphatic heterocycles. The number of nitrogens with zero attached hydrogens (tertiary/aromatic N) is 3. The van der Waals surface area contributed by atoms with Crippen LogP contribution in [0.1, 0.15) is 35.7 Å². The van der Waals surface area contributed by atoms with Crippen LogP contribution in [0.3, 0.4) is 0 Å². The molecule has 1 unspecified atom stereocenters. The van der Waals surface area contributed by atoms with Gasteiger partial charge in [-0.1, -0.05) is 47.1 Å². The van der Waals surface area contributed by atoms with Gasteiger partial charge in [-0.2, -0.15) is 4.98 Å². The molecule has 2 aromatic carbocycles. The lowest BCUT2D eigenvalue weighted by molar-refractivity contribution is 0.382.